The zero-order valence-electron chi connectivity index (χ0n) is 9.87. The van der Waals surface area contributed by atoms with Gasteiger partial charge in [0.1, 0.15) is 0 Å². The number of piperazine rings is 1. The fourth-order valence-corrected chi connectivity index (χ4v) is 1.69. The molecule has 0 spiro atoms. The molecule has 1 N–H and O–H groups in total. The molecular weight excluding hydrogens is 196 g/mol. The zero-order chi connectivity index (χ0) is 11.5. The molecule has 0 unspecified atom stereocenters. The van der Waals surface area contributed by atoms with Crippen LogP contribution in [0, 0.1) is 0 Å². The molecule has 1 aliphatic rings. The lowest BCUT2D eigenvalue weighted by atomic mass is 9.99. The minimum Gasteiger partial charge on any atom is -0.355 e. The highest BCUT2D eigenvalue weighted by Gasteiger charge is 2.38. The van der Waals surface area contributed by atoms with Gasteiger partial charge in [0.05, 0.1) is 12.1 Å². The summed E-state index contributed by atoms with van der Waals surface area (Å²) in [5.41, 5.74) is -0.492. The maximum absolute atomic E-state index is 11.6. The van der Waals surface area contributed by atoms with Crippen molar-refractivity contribution in [1.82, 2.24) is 10.2 Å². The van der Waals surface area contributed by atoms with E-state index >= 15 is 0 Å². The van der Waals surface area contributed by atoms with Crippen molar-refractivity contribution >= 4 is 5.91 Å². The van der Waals surface area contributed by atoms with E-state index in [9.17, 15) is 4.79 Å². The number of hydrogen-bond donors (Lipinski definition) is 1. The van der Waals surface area contributed by atoms with Gasteiger partial charge in [0.2, 0.25) is 5.91 Å². The Balaban J connectivity index is 2.63. The Morgan fingerprint density at radius 2 is 2.07 bits per heavy atom. The standard InChI is InChI=1S/C10H20N2O3/c1-10(2)9(13)11-5-6-12(10)7-8(14-3)15-4/h8H,5-7H2,1-4H3,(H,11,13). The molecule has 1 amide bonds. The number of nitrogens with one attached hydrogen (secondary N) is 1. The zero-order valence-corrected chi connectivity index (χ0v) is 9.87. The van der Waals surface area contributed by atoms with Gasteiger partial charge in [-0.3, -0.25) is 9.69 Å². The summed E-state index contributed by atoms with van der Waals surface area (Å²) in [5.74, 6) is 0.0553. The van der Waals surface area contributed by atoms with Crippen LogP contribution in [-0.2, 0) is 14.3 Å². The van der Waals surface area contributed by atoms with Crippen LogP contribution >= 0.6 is 0 Å². The molecule has 5 nitrogen and oxygen atoms in total. The van der Waals surface area contributed by atoms with Gasteiger partial charge in [0, 0.05) is 27.3 Å². The SMILES string of the molecule is COC(CN1CCNC(=O)C1(C)C)OC. The minimum absolute atomic E-state index is 0.0553. The van der Waals surface area contributed by atoms with Crippen LogP contribution in [0.5, 0.6) is 0 Å². The molecule has 1 saturated heterocycles. The number of carbonyl (C=O) groups is 1. The van der Waals surface area contributed by atoms with Gasteiger partial charge in [-0.25, -0.2) is 0 Å². The highest BCUT2D eigenvalue weighted by atomic mass is 16.7. The lowest BCUT2D eigenvalue weighted by Crippen LogP contribution is -2.63. The topological polar surface area (TPSA) is 50.8 Å². The highest BCUT2D eigenvalue weighted by molar-refractivity contribution is 5.86. The normalized spacial score (nSPS) is 21.8. The van der Waals surface area contributed by atoms with Crippen LogP contribution in [-0.4, -0.2) is 56.5 Å². The Morgan fingerprint density at radius 1 is 1.47 bits per heavy atom. The molecule has 1 heterocycles. The number of amides is 1. The van der Waals surface area contributed by atoms with Crippen molar-refractivity contribution in [2.75, 3.05) is 33.9 Å². The third-order valence-corrected chi connectivity index (χ3v) is 2.91. The third kappa shape index (κ3) is 2.68. The number of carbonyl (C=O) groups excluding carboxylic acids is 1. The average molecular weight is 216 g/mol. The summed E-state index contributed by atoms with van der Waals surface area (Å²) in [6, 6.07) is 0. The van der Waals surface area contributed by atoms with E-state index in [0.29, 0.717) is 13.1 Å². The number of methoxy groups -OCH3 is 2. The monoisotopic (exact) mass is 216 g/mol. The van der Waals surface area contributed by atoms with E-state index in [-0.39, 0.29) is 12.2 Å². The van der Waals surface area contributed by atoms with Gasteiger partial charge in [0.15, 0.2) is 6.29 Å². The smallest absolute Gasteiger partial charge is 0.240 e. The molecule has 1 rings (SSSR count). The fraction of sp³-hybridized carbons (Fsp3) is 0.900. The van der Waals surface area contributed by atoms with Gasteiger partial charge in [-0.1, -0.05) is 0 Å². The molecule has 0 aromatic heterocycles. The molecule has 88 valence electrons. The predicted molar refractivity (Wildman–Crippen MR) is 56.5 cm³/mol. The van der Waals surface area contributed by atoms with Crippen molar-refractivity contribution < 1.29 is 14.3 Å². The quantitative estimate of drug-likeness (QED) is 0.662. The largest absolute Gasteiger partial charge is 0.355 e. The first-order chi connectivity index (χ1) is 7.02. The van der Waals surface area contributed by atoms with Crippen LogP contribution in [0.15, 0.2) is 0 Å². The maximum atomic E-state index is 11.6. The molecule has 15 heavy (non-hydrogen) atoms. The molecule has 0 aliphatic carbocycles. The van der Waals surface area contributed by atoms with E-state index in [0.717, 1.165) is 6.54 Å². The second-order valence-electron chi connectivity index (χ2n) is 4.16. The highest BCUT2D eigenvalue weighted by Crippen LogP contribution is 2.18. The van der Waals surface area contributed by atoms with E-state index in [1.165, 1.54) is 0 Å². The molecule has 0 radical (unpaired) electrons. The molecule has 0 atom stereocenters. The summed E-state index contributed by atoms with van der Waals surface area (Å²) in [6.07, 6.45) is -0.282. The van der Waals surface area contributed by atoms with E-state index < -0.39 is 5.54 Å². The Bertz CT molecular complexity index is 227. The van der Waals surface area contributed by atoms with Crippen molar-refractivity contribution in [3.63, 3.8) is 0 Å². The molecule has 0 aromatic carbocycles. The van der Waals surface area contributed by atoms with Crippen molar-refractivity contribution in [3.8, 4) is 0 Å². The first kappa shape index (κ1) is 12.4. The van der Waals surface area contributed by atoms with E-state index in [2.05, 4.69) is 10.2 Å². The van der Waals surface area contributed by atoms with Gasteiger partial charge in [0.25, 0.3) is 0 Å². The summed E-state index contributed by atoms with van der Waals surface area (Å²) in [7, 11) is 3.20. The van der Waals surface area contributed by atoms with Crippen LogP contribution in [0.1, 0.15) is 13.8 Å². The Hall–Kier alpha value is -0.650. The number of rotatable bonds is 4. The molecule has 1 fully saturated rings. The van der Waals surface area contributed by atoms with Crippen LogP contribution < -0.4 is 5.32 Å². The average Bonchev–Trinajstić information content (AvgIpc) is 2.20. The maximum Gasteiger partial charge on any atom is 0.240 e. The van der Waals surface area contributed by atoms with Crippen LogP contribution in [0.4, 0.5) is 0 Å². The summed E-state index contributed by atoms with van der Waals surface area (Å²) in [6.45, 7) is 5.92. The summed E-state index contributed by atoms with van der Waals surface area (Å²) >= 11 is 0. The molecule has 1 aliphatic heterocycles. The van der Waals surface area contributed by atoms with Crippen LogP contribution in [0.3, 0.4) is 0 Å². The third-order valence-electron chi connectivity index (χ3n) is 2.91. The minimum atomic E-state index is -0.492. The first-order valence-corrected chi connectivity index (χ1v) is 5.11. The number of ether oxygens (including phenoxy) is 2. The van der Waals surface area contributed by atoms with E-state index in [1.54, 1.807) is 14.2 Å². The van der Waals surface area contributed by atoms with E-state index in [1.807, 2.05) is 13.8 Å². The van der Waals surface area contributed by atoms with Gasteiger partial charge >= 0.3 is 0 Å². The van der Waals surface area contributed by atoms with Crippen LogP contribution in [0.25, 0.3) is 0 Å². The van der Waals surface area contributed by atoms with Gasteiger partial charge < -0.3 is 14.8 Å². The molecular formula is C10H20N2O3. The summed E-state index contributed by atoms with van der Waals surface area (Å²) in [5, 5.41) is 2.85. The number of nitrogens with zero attached hydrogens (tertiary/aromatic N) is 1. The first-order valence-electron chi connectivity index (χ1n) is 5.11. The lowest BCUT2D eigenvalue weighted by molar-refractivity contribution is -0.148. The van der Waals surface area contributed by atoms with Crippen molar-refractivity contribution in [2.45, 2.75) is 25.7 Å². The van der Waals surface area contributed by atoms with Crippen molar-refractivity contribution in [1.29, 1.82) is 0 Å². The second kappa shape index (κ2) is 4.92. The lowest BCUT2D eigenvalue weighted by Gasteiger charge is -2.42. The van der Waals surface area contributed by atoms with Crippen molar-refractivity contribution in [3.05, 3.63) is 0 Å². The second-order valence-corrected chi connectivity index (χ2v) is 4.16. The van der Waals surface area contributed by atoms with E-state index in [4.69, 9.17) is 9.47 Å². The summed E-state index contributed by atoms with van der Waals surface area (Å²) in [4.78, 5) is 13.7. The molecule has 0 aromatic rings. The molecule has 5 heteroatoms. The molecule has 0 bridgehead atoms. The number of hydrogen-bond acceptors (Lipinski definition) is 4. The van der Waals surface area contributed by atoms with Crippen LogP contribution in [0.2, 0.25) is 0 Å². The predicted octanol–water partition coefficient (Wildman–Crippen LogP) is -0.184. The van der Waals surface area contributed by atoms with Gasteiger partial charge in [-0.2, -0.15) is 0 Å². The fourth-order valence-electron chi connectivity index (χ4n) is 1.69. The Labute approximate surface area is 90.7 Å². The van der Waals surface area contributed by atoms with Gasteiger partial charge in [-0.05, 0) is 13.8 Å². The summed E-state index contributed by atoms with van der Waals surface area (Å²) < 4.78 is 10.3. The Morgan fingerprint density at radius 3 is 2.60 bits per heavy atom. The van der Waals surface area contributed by atoms with Crippen molar-refractivity contribution in [2.24, 2.45) is 0 Å². The Kier molecular flexibility index (Phi) is 4.07. The van der Waals surface area contributed by atoms with Gasteiger partial charge in [-0.15, -0.1) is 0 Å². The molecule has 0 saturated carbocycles.